The van der Waals surface area contributed by atoms with Crippen LogP contribution in [-0.4, -0.2) is 11.7 Å². The van der Waals surface area contributed by atoms with Crippen molar-refractivity contribution in [3.63, 3.8) is 0 Å². The molecule has 1 heterocycles. The topological polar surface area (TPSA) is 50.1 Å². The van der Waals surface area contributed by atoms with Gasteiger partial charge in [0.1, 0.15) is 5.66 Å². The van der Waals surface area contributed by atoms with Gasteiger partial charge in [0.15, 0.2) is 0 Å². The van der Waals surface area contributed by atoms with Crippen LogP contribution in [0.2, 0.25) is 0 Å². The fourth-order valence-electron chi connectivity index (χ4n) is 0.912. The lowest BCUT2D eigenvalue weighted by Gasteiger charge is -2.21. The van der Waals surface area contributed by atoms with Crippen LogP contribution in [0.5, 0.6) is 0 Å². The van der Waals surface area contributed by atoms with E-state index in [-0.39, 0.29) is 11.7 Å². The molecule has 0 amide bonds. The van der Waals surface area contributed by atoms with Crippen LogP contribution < -0.4 is 16.4 Å². The van der Waals surface area contributed by atoms with E-state index in [0.29, 0.717) is 0 Å². The molecule has 0 saturated carbocycles. The van der Waals surface area contributed by atoms with E-state index in [1.807, 2.05) is 38.4 Å². The molecule has 11 heavy (non-hydrogen) atoms. The van der Waals surface area contributed by atoms with Gasteiger partial charge >= 0.3 is 0 Å². The minimum atomic E-state index is -0.145. The van der Waals surface area contributed by atoms with Crippen LogP contribution in [0.3, 0.4) is 0 Å². The molecule has 62 valence electrons. The molecule has 0 aromatic rings. The van der Waals surface area contributed by atoms with Crippen molar-refractivity contribution in [1.29, 1.82) is 0 Å². The highest BCUT2D eigenvalue weighted by atomic mass is 15.2. The third-order valence-corrected chi connectivity index (χ3v) is 1.58. The summed E-state index contributed by atoms with van der Waals surface area (Å²) in [6.45, 7) is 3.99. The predicted molar refractivity (Wildman–Crippen MR) is 46.6 cm³/mol. The second kappa shape index (κ2) is 2.96. The largest absolute Gasteiger partial charge is 0.365 e. The minimum absolute atomic E-state index is 0.107. The Balaban J connectivity index is 2.47. The van der Waals surface area contributed by atoms with Crippen molar-refractivity contribution in [2.75, 3.05) is 0 Å². The monoisotopic (exact) mass is 153 g/mol. The number of hydrogen-bond donors (Lipinski definition) is 3. The molecule has 3 nitrogen and oxygen atoms in total. The van der Waals surface area contributed by atoms with E-state index in [0.717, 1.165) is 0 Å². The first kappa shape index (κ1) is 8.14. The van der Waals surface area contributed by atoms with Crippen LogP contribution in [0.25, 0.3) is 0 Å². The molecule has 0 radical (unpaired) electrons. The van der Waals surface area contributed by atoms with Crippen LogP contribution in [0.1, 0.15) is 13.8 Å². The molecule has 0 saturated heterocycles. The SMILES string of the molecule is CC(N)C=CC1(C)NC=CN1. The molecule has 4 N–H and O–H groups in total. The van der Waals surface area contributed by atoms with Gasteiger partial charge in [-0.3, -0.25) is 0 Å². The van der Waals surface area contributed by atoms with Gasteiger partial charge in [-0.25, -0.2) is 0 Å². The second-order valence-electron chi connectivity index (χ2n) is 3.04. The van der Waals surface area contributed by atoms with Gasteiger partial charge in [0.2, 0.25) is 0 Å². The summed E-state index contributed by atoms with van der Waals surface area (Å²) in [4.78, 5) is 0. The quantitative estimate of drug-likeness (QED) is 0.499. The Morgan fingerprint density at radius 3 is 2.45 bits per heavy atom. The zero-order chi connectivity index (χ0) is 8.32. The molecular weight excluding hydrogens is 138 g/mol. The predicted octanol–water partition coefficient (Wildman–Crippen LogP) is 0.270. The Kier molecular flexibility index (Phi) is 2.19. The van der Waals surface area contributed by atoms with Crippen LogP contribution >= 0.6 is 0 Å². The summed E-state index contributed by atoms with van der Waals surface area (Å²) in [6.07, 6.45) is 7.75. The summed E-state index contributed by atoms with van der Waals surface area (Å²) >= 11 is 0. The third kappa shape index (κ3) is 2.27. The van der Waals surface area contributed by atoms with Crippen molar-refractivity contribution in [2.24, 2.45) is 5.73 Å². The molecule has 0 bridgehead atoms. The van der Waals surface area contributed by atoms with Gasteiger partial charge in [-0.05, 0) is 19.9 Å². The molecule has 0 fully saturated rings. The van der Waals surface area contributed by atoms with Crippen LogP contribution in [0, 0.1) is 0 Å². The van der Waals surface area contributed by atoms with E-state index in [1.54, 1.807) is 0 Å². The molecule has 1 atom stereocenters. The summed E-state index contributed by atoms with van der Waals surface area (Å²) in [5.74, 6) is 0. The van der Waals surface area contributed by atoms with Crippen molar-refractivity contribution >= 4 is 0 Å². The Hall–Kier alpha value is -0.960. The fraction of sp³-hybridized carbons (Fsp3) is 0.500. The Bertz CT molecular complexity index is 174. The fourth-order valence-corrected chi connectivity index (χ4v) is 0.912. The van der Waals surface area contributed by atoms with Gasteiger partial charge in [-0.15, -0.1) is 0 Å². The van der Waals surface area contributed by atoms with Crippen LogP contribution in [-0.2, 0) is 0 Å². The molecule has 0 aromatic heterocycles. The highest BCUT2D eigenvalue weighted by Gasteiger charge is 2.19. The molecule has 1 unspecified atom stereocenters. The van der Waals surface area contributed by atoms with E-state index in [4.69, 9.17) is 5.73 Å². The van der Waals surface area contributed by atoms with Gasteiger partial charge in [-0.1, -0.05) is 6.08 Å². The van der Waals surface area contributed by atoms with Crippen molar-refractivity contribution in [3.05, 3.63) is 24.6 Å². The van der Waals surface area contributed by atoms with Crippen molar-refractivity contribution in [3.8, 4) is 0 Å². The first-order chi connectivity index (χ1) is 5.12. The Morgan fingerprint density at radius 2 is 2.00 bits per heavy atom. The highest BCUT2D eigenvalue weighted by Crippen LogP contribution is 2.05. The summed E-state index contributed by atoms with van der Waals surface area (Å²) in [5.41, 5.74) is 5.42. The van der Waals surface area contributed by atoms with E-state index < -0.39 is 0 Å². The van der Waals surface area contributed by atoms with E-state index in [2.05, 4.69) is 10.6 Å². The number of hydrogen-bond acceptors (Lipinski definition) is 3. The van der Waals surface area contributed by atoms with E-state index >= 15 is 0 Å². The van der Waals surface area contributed by atoms with Crippen LogP contribution in [0.4, 0.5) is 0 Å². The second-order valence-corrected chi connectivity index (χ2v) is 3.04. The number of nitrogens with two attached hydrogens (primary N) is 1. The molecular formula is C8H15N3. The normalized spacial score (nSPS) is 23.2. The first-order valence-corrected chi connectivity index (χ1v) is 3.78. The maximum Gasteiger partial charge on any atom is 0.123 e. The number of rotatable bonds is 2. The lowest BCUT2D eigenvalue weighted by molar-refractivity contribution is 0.480. The smallest absolute Gasteiger partial charge is 0.123 e. The molecule has 1 rings (SSSR count). The third-order valence-electron chi connectivity index (χ3n) is 1.58. The van der Waals surface area contributed by atoms with Gasteiger partial charge < -0.3 is 16.4 Å². The standard InChI is InChI=1S/C8H15N3/c1-7(9)3-4-8(2)10-5-6-11-8/h3-7,10-11H,9H2,1-2H3. The van der Waals surface area contributed by atoms with Crippen LogP contribution in [0.15, 0.2) is 24.6 Å². The van der Waals surface area contributed by atoms with E-state index in [9.17, 15) is 0 Å². The average molecular weight is 153 g/mol. The van der Waals surface area contributed by atoms with Gasteiger partial charge in [0.05, 0.1) is 0 Å². The molecule has 0 spiro atoms. The molecule has 0 aliphatic carbocycles. The maximum atomic E-state index is 5.57. The summed E-state index contributed by atoms with van der Waals surface area (Å²) in [5, 5.41) is 6.31. The maximum absolute atomic E-state index is 5.57. The minimum Gasteiger partial charge on any atom is -0.365 e. The van der Waals surface area contributed by atoms with Gasteiger partial charge in [0.25, 0.3) is 0 Å². The van der Waals surface area contributed by atoms with Gasteiger partial charge in [0, 0.05) is 18.4 Å². The Morgan fingerprint density at radius 1 is 1.45 bits per heavy atom. The molecule has 0 aromatic carbocycles. The first-order valence-electron chi connectivity index (χ1n) is 3.78. The number of nitrogens with one attached hydrogen (secondary N) is 2. The zero-order valence-electron chi connectivity index (χ0n) is 6.96. The molecule has 3 heteroatoms. The summed E-state index contributed by atoms with van der Waals surface area (Å²) < 4.78 is 0. The van der Waals surface area contributed by atoms with E-state index in [1.165, 1.54) is 0 Å². The van der Waals surface area contributed by atoms with Gasteiger partial charge in [-0.2, -0.15) is 0 Å². The van der Waals surface area contributed by atoms with Crippen molar-refractivity contribution in [1.82, 2.24) is 10.6 Å². The van der Waals surface area contributed by atoms with Crippen molar-refractivity contribution in [2.45, 2.75) is 25.6 Å². The molecule has 1 aliphatic rings. The summed E-state index contributed by atoms with van der Waals surface area (Å²) in [6, 6.07) is 0.107. The molecule has 1 aliphatic heterocycles. The average Bonchev–Trinajstić information content (AvgIpc) is 2.33. The summed E-state index contributed by atoms with van der Waals surface area (Å²) in [7, 11) is 0. The highest BCUT2D eigenvalue weighted by molar-refractivity contribution is 5.12. The lowest BCUT2D eigenvalue weighted by Crippen LogP contribution is -2.43. The van der Waals surface area contributed by atoms with Crippen molar-refractivity contribution < 1.29 is 0 Å². The lowest BCUT2D eigenvalue weighted by atomic mass is 10.1. The Labute approximate surface area is 67.3 Å². The zero-order valence-corrected chi connectivity index (χ0v) is 6.96.